The summed E-state index contributed by atoms with van der Waals surface area (Å²) in [7, 11) is 0. The van der Waals surface area contributed by atoms with Crippen LogP contribution < -0.4 is 15.4 Å². The second kappa shape index (κ2) is 8.67. The van der Waals surface area contributed by atoms with E-state index in [4.69, 9.17) is 11.2 Å². The monoisotopic (exact) mass is 368 g/mol. The Balaban J connectivity index is 1.30. The van der Waals surface area contributed by atoms with Gasteiger partial charge in [0.2, 0.25) is 11.8 Å². The smallest absolute Gasteiger partial charge is 0.224 e. The van der Waals surface area contributed by atoms with E-state index in [1.165, 1.54) is 0 Å². The van der Waals surface area contributed by atoms with Gasteiger partial charge in [-0.05, 0) is 24.5 Å². The molecule has 142 valence electrons. The second-order valence-electron chi connectivity index (χ2n) is 6.81. The summed E-state index contributed by atoms with van der Waals surface area (Å²) in [5, 5.41) is 13.8. The van der Waals surface area contributed by atoms with Crippen molar-refractivity contribution in [3.05, 3.63) is 23.8 Å². The first-order chi connectivity index (χ1) is 13.1. The molecule has 7 heteroatoms. The van der Waals surface area contributed by atoms with Gasteiger partial charge >= 0.3 is 0 Å². The Kier molecular flexibility index (Phi) is 6.07. The highest BCUT2D eigenvalue weighted by Crippen LogP contribution is 2.36. The quantitative estimate of drug-likeness (QED) is 0.491. The predicted octanol–water partition coefficient (Wildman–Crippen LogP) is 2.81. The largest absolute Gasteiger partial charge is 0.494 e. The van der Waals surface area contributed by atoms with Crippen LogP contribution >= 0.6 is 0 Å². The van der Waals surface area contributed by atoms with Gasteiger partial charge in [-0.15, -0.1) is 12.3 Å². The SMILES string of the molecule is C#CCCC1(CCNC(=O)CCCOc2ccc3c(c2)NC(=O)CC3)N=N1. The molecule has 2 aliphatic heterocycles. The zero-order valence-corrected chi connectivity index (χ0v) is 15.3. The third kappa shape index (κ3) is 5.55. The molecule has 1 aromatic rings. The maximum absolute atomic E-state index is 11.9. The molecule has 0 unspecified atom stereocenters. The summed E-state index contributed by atoms with van der Waals surface area (Å²) in [6.45, 7) is 0.985. The zero-order valence-electron chi connectivity index (χ0n) is 15.3. The molecule has 0 atom stereocenters. The molecular weight excluding hydrogens is 344 g/mol. The molecule has 27 heavy (non-hydrogen) atoms. The first-order valence-electron chi connectivity index (χ1n) is 9.30. The molecule has 2 aliphatic rings. The number of anilines is 1. The van der Waals surface area contributed by atoms with Crippen LogP contribution in [0, 0.1) is 12.3 Å². The van der Waals surface area contributed by atoms with E-state index in [0.29, 0.717) is 51.0 Å². The van der Waals surface area contributed by atoms with E-state index < -0.39 is 0 Å². The topological polar surface area (TPSA) is 92.2 Å². The third-order valence-corrected chi connectivity index (χ3v) is 4.69. The highest BCUT2D eigenvalue weighted by Gasteiger charge is 2.38. The maximum Gasteiger partial charge on any atom is 0.224 e. The Morgan fingerprint density at radius 1 is 1.33 bits per heavy atom. The van der Waals surface area contributed by atoms with Gasteiger partial charge in [0.05, 0.1) is 6.61 Å². The zero-order chi connectivity index (χ0) is 19.1. The van der Waals surface area contributed by atoms with Gasteiger partial charge < -0.3 is 15.4 Å². The molecule has 7 nitrogen and oxygen atoms in total. The summed E-state index contributed by atoms with van der Waals surface area (Å²) in [5.41, 5.74) is 1.58. The van der Waals surface area contributed by atoms with E-state index in [-0.39, 0.29) is 17.5 Å². The molecule has 2 heterocycles. The number of terminal acetylenes is 1. The molecule has 2 amide bonds. The normalized spacial score (nSPS) is 16.0. The van der Waals surface area contributed by atoms with E-state index in [1.807, 2.05) is 18.2 Å². The third-order valence-electron chi connectivity index (χ3n) is 4.69. The summed E-state index contributed by atoms with van der Waals surface area (Å²) in [6, 6.07) is 5.71. The minimum Gasteiger partial charge on any atom is -0.494 e. The molecule has 3 rings (SSSR count). The van der Waals surface area contributed by atoms with Crippen molar-refractivity contribution in [3.63, 3.8) is 0 Å². The number of hydrogen-bond donors (Lipinski definition) is 2. The fourth-order valence-electron chi connectivity index (χ4n) is 3.02. The van der Waals surface area contributed by atoms with E-state index in [1.54, 1.807) is 0 Å². The lowest BCUT2D eigenvalue weighted by molar-refractivity contribution is -0.121. The van der Waals surface area contributed by atoms with Crippen molar-refractivity contribution in [1.82, 2.24) is 5.32 Å². The van der Waals surface area contributed by atoms with Crippen LogP contribution in [-0.2, 0) is 16.0 Å². The van der Waals surface area contributed by atoms with Crippen LogP contribution in [0.5, 0.6) is 5.75 Å². The fraction of sp³-hybridized carbons (Fsp3) is 0.500. The summed E-state index contributed by atoms with van der Waals surface area (Å²) in [4.78, 5) is 23.4. The Morgan fingerprint density at radius 3 is 2.96 bits per heavy atom. The number of ether oxygens (including phenoxy) is 1. The average molecular weight is 368 g/mol. The lowest BCUT2D eigenvalue weighted by atomic mass is 10.0. The van der Waals surface area contributed by atoms with Crippen LogP contribution in [0.3, 0.4) is 0 Å². The molecule has 0 aromatic heterocycles. The van der Waals surface area contributed by atoms with Crippen molar-refractivity contribution in [1.29, 1.82) is 0 Å². The van der Waals surface area contributed by atoms with Crippen LogP contribution in [-0.4, -0.2) is 30.6 Å². The molecule has 0 aliphatic carbocycles. The van der Waals surface area contributed by atoms with Gasteiger partial charge in [-0.25, -0.2) is 0 Å². The molecule has 0 saturated carbocycles. The van der Waals surface area contributed by atoms with E-state index in [0.717, 1.165) is 24.1 Å². The highest BCUT2D eigenvalue weighted by molar-refractivity contribution is 5.94. The molecule has 0 radical (unpaired) electrons. The van der Waals surface area contributed by atoms with Crippen molar-refractivity contribution in [3.8, 4) is 18.1 Å². The lowest BCUT2D eigenvalue weighted by Crippen LogP contribution is -2.28. The van der Waals surface area contributed by atoms with Crippen LogP contribution in [0.15, 0.2) is 28.4 Å². The van der Waals surface area contributed by atoms with Crippen LogP contribution in [0.25, 0.3) is 0 Å². The number of nitrogens with zero attached hydrogens (tertiary/aromatic N) is 2. The average Bonchev–Trinajstić information content (AvgIpc) is 3.43. The Hall–Kier alpha value is -2.88. The number of aryl methyl sites for hydroxylation is 1. The van der Waals surface area contributed by atoms with Gasteiger partial charge in [-0.2, -0.15) is 10.2 Å². The number of carbonyl (C=O) groups is 2. The van der Waals surface area contributed by atoms with E-state index in [9.17, 15) is 9.59 Å². The van der Waals surface area contributed by atoms with Gasteiger partial charge in [0, 0.05) is 50.4 Å². The Labute approximate surface area is 159 Å². The molecule has 0 spiro atoms. The van der Waals surface area contributed by atoms with Crippen molar-refractivity contribution in [2.45, 2.75) is 50.6 Å². The minimum atomic E-state index is -0.357. The fourth-order valence-corrected chi connectivity index (χ4v) is 3.02. The number of benzene rings is 1. The minimum absolute atomic E-state index is 0.0101. The van der Waals surface area contributed by atoms with Gasteiger partial charge in [-0.3, -0.25) is 9.59 Å². The van der Waals surface area contributed by atoms with Crippen molar-refractivity contribution in [2.75, 3.05) is 18.5 Å². The molecule has 0 saturated heterocycles. The summed E-state index contributed by atoms with van der Waals surface area (Å²) in [5.74, 6) is 3.31. The predicted molar refractivity (Wildman–Crippen MR) is 101 cm³/mol. The number of rotatable bonds is 10. The Morgan fingerprint density at radius 2 is 2.19 bits per heavy atom. The van der Waals surface area contributed by atoms with Crippen molar-refractivity contribution in [2.24, 2.45) is 10.2 Å². The highest BCUT2D eigenvalue weighted by atomic mass is 16.5. The Bertz CT molecular complexity index is 776. The van der Waals surface area contributed by atoms with Gasteiger partial charge in [0.25, 0.3) is 0 Å². The van der Waals surface area contributed by atoms with Crippen LogP contribution in [0.4, 0.5) is 5.69 Å². The number of hydrogen-bond acceptors (Lipinski definition) is 5. The van der Waals surface area contributed by atoms with Crippen molar-refractivity contribution >= 4 is 17.5 Å². The van der Waals surface area contributed by atoms with Crippen molar-refractivity contribution < 1.29 is 14.3 Å². The molecule has 2 N–H and O–H groups in total. The molecule has 0 bridgehead atoms. The molecular formula is C20H24N4O3. The van der Waals surface area contributed by atoms with Crippen LogP contribution in [0.2, 0.25) is 0 Å². The lowest BCUT2D eigenvalue weighted by Gasteiger charge is -2.17. The summed E-state index contributed by atoms with van der Waals surface area (Å²) >= 11 is 0. The number of carbonyl (C=O) groups excluding carboxylic acids is 2. The first kappa shape index (κ1) is 18.9. The van der Waals surface area contributed by atoms with E-state index in [2.05, 4.69) is 26.8 Å². The van der Waals surface area contributed by atoms with Gasteiger partial charge in [0.15, 0.2) is 5.66 Å². The van der Waals surface area contributed by atoms with E-state index >= 15 is 0 Å². The number of nitrogens with one attached hydrogen (secondary N) is 2. The first-order valence-corrected chi connectivity index (χ1v) is 9.30. The molecule has 0 fully saturated rings. The summed E-state index contributed by atoms with van der Waals surface area (Å²) < 4.78 is 5.69. The second-order valence-corrected chi connectivity index (χ2v) is 6.81. The van der Waals surface area contributed by atoms with Gasteiger partial charge in [-0.1, -0.05) is 6.07 Å². The standard InChI is InChI=1S/C20H24N4O3/c1-2-3-10-20(23-24-20)11-12-21-18(25)5-4-13-27-16-8-6-15-7-9-19(26)22-17(15)14-16/h1,6,8,14H,3-5,7,9-13H2,(H,21,25)(H,22,26). The number of fused-ring (bicyclic) bond motifs is 1. The van der Waals surface area contributed by atoms with Gasteiger partial charge in [0.1, 0.15) is 5.75 Å². The number of amides is 2. The van der Waals surface area contributed by atoms with Crippen LogP contribution in [0.1, 0.15) is 44.1 Å². The maximum atomic E-state index is 11.9. The summed E-state index contributed by atoms with van der Waals surface area (Å²) in [6.07, 6.45) is 9.63. The molecule has 1 aromatic carbocycles.